The first kappa shape index (κ1) is 27.9. The number of ether oxygens (including phenoxy) is 1. The third kappa shape index (κ3) is 5.23. The van der Waals surface area contributed by atoms with Crippen molar-refractivity contribution in [2.75, 3.05) is 31.6 Å². The number of rotatable bonds is 7. The van der Waals surface area contributed by atoms with Gasteiger partial charge in [0.2, 0.25) is 11.9 Å². The minimum atomic E-state index is -0.863. The summed E-state index contributed by atoms with van der Waals surface area (Å²) >= 11 is 6.49. The van der Waals surface area contributed by atoms with Gasteiger partial charge in [-0.1, -0.05) is 48.5 Å². The molecule has 4 heterocycles. The molecule has 1 aromatic carbocycles. The zero-order valence-corrected chi connectivity index (χ0v) is 23.7. The average molecular weight is 587 g/mol. The Morgan fingerprint density at radius 2 is 1.98 bits per heavy atom. The van der Waals surface area contributed by atoms with E-state index in [1.54, 1.807) is 23.2 Å². The number of primary amides is 1. The second-order valence-corrected chi connectivity index (χ2v) is 11.2. The van der Waals surface area contributed by atoms with Crippen molar-refractivity contribution in [3.05, 3.63) is 77.1 Å². The van der Waals surface area contributed by atoms with Gasteiger partial charge in [0.15, 0.2) is 5.78 Å². The fraction of sp³-hybridized carbons (Fsp3) is 0.323. The monoisotopic (exact) mass is 586 g/mol. The zero-order chi connectivity index (χ0) is 29.4. The van der Waals surface area contributed by atoms with Crippen LogP contribution in [0.4, 0.5) is 5.95 Å². The molecule has 2 unspecified atom stereocenters. The molecule has 2 aromatic heterocycles. The van der Waals surface area contributed by atoms with Crippen molar-refractivity contribution in [2.45, 2.75) is 25.3 Å². The van der Waals surface area contributed by atoms with Crippen LogP contribution in [0.15, 0.2) is 72.1 Å². The molecule has 2 amide bonds. The predicted octanol–water partition coefficient (Wildman–Crippen LogP) is 3.81. The molecule has 2 aliphatic heterocycles. The van der Waals surface area contributed by atoms with Gasteiger partial charge in [0.1, 0.15) is 0 Å². The molecule has 2 atom stereocenters. The highest BCUT2D eigenvalue weighted by Gasteiger charge is 2.38. The van der Waals surface area contributed by atoms with Gasteiger partial charge in [-0.15, -0.1) is 0 Å². The molecule has 2 saturated heterocycles. The number of piperidine rings is 1. The maximum Gasteiger partial charge on any atom is 0.254 e. The summed E-state index contributed by atoms with van der Waals surface area (Å²) in [4.78, 5) is 53.1. The molecular formula is C31H31ClN6O4. The number of likely N-dealkylation sites (tertiary alicyclic amines) is 1. The molecule has 0 saturated carbocycles. The topological polar surface area (TPSA) is 143 Å². The number of Topliss-reactive ketones (excluding diaryl/α,β-unsaturated/α-hetero) is 1. The molecular weight excluding hydrogens is 556 g/mol. The molecule has 216 valence electrons. The maximum atomic E-state index is 13.7. The molecule has 0 bridgehead atoms. The van der Waals surface area contributed by atoms with E-state index in [4.69, 9.17) is 27.1 Å². The van der Waals surface area contributed by atoms with Crippen LogP contribution in [0, 0.1) is 11.8 Å². The van der Waals surface area contributed by atoms with Gasteiger partial charge in [-0.2, -0.15) is 0 Å². The highest BCUT2D eigenvalue weighted by Crippen LogP contribution is 2.35. The highest BCUT2D eigenvalue weighted by molar-refractivity contribution is 6.33. The van der Waals surface area contributed by atoms with Gasteiger partial charge in [-0.3, -0.25) is 14.4 Å². The number of halogens is 1. The first-order chi connectivity index (χ1) is 20.3. The summed E-state index contributed by atoms with van der Waals surface area (Å²) in [7, 11) is 0. The van der Waals surface area contributed by atoms with Gasteiger partial charge >= 0.3 is 0 Å². The van der Waals surface area contributed by atoms with E-state index in [1.165, 1.54) is 0 Å². The van der Waals surface area contributed by atoms with Gasteiger partial charge in [0.05, 0.1) is 29.4 Å². The highest BCUT2D eigenvalue weighted by atomic mass is 35.5. The number of H-pyrrole nitrogens is 1. The number of hydrogen-bond donors (Lipinski definition) is 3. The number of nitrogens with two attached hydrogens (primary N) is 1. The number of hydrogen-bond acceptors (Lipinski definition) is 7. The van der Waals surface area contributed by atoms with Gasteiger partial charge in [0, 0.05) is 71.0 Å². The number of fused-ring (bicyclic) bond motifs is 1. The van der Waals surface area contributed by atoms with Crippen molar-refractivity contribution in [1.82, 2.24) is 19.9 Å². The molecule has 42 heavy (non-hydrogen) atoms. The van der Waals surface area contributed by atoms with E-state index in [-0.39, 0.29) is 29.2 Å². The fourth-order valence-electron chi connectivity index (χ4n) is 5.94. The summed E-state index contributed by atoms with van der Waals surface area (Å²) in [5.41, 5.74) is 8.73. The molecule has 3 aromatic rings. The number of anilines is 1. The number of carbonyl (C=O) groups is 3. The third-order valence-corrected chi connectivity index (χ3v) is 8.53. The van der Waals surface area contributed by atoms with Crippen LogP contribution >= 0.6 is 11.6 Å². The zero-order valence-electron chi connectivity index (χ0n) is 22.9. The number of allylic oxidation sites excluding steroid dienone is 1. The fourth-order valence-corrected chi connectivity index (χ4v) is 6.13. The van der Waals surface area contributed by atoms with Crippen molar-refractivity contribution in [3.8, 4) is 11.3 Å². The van der Waals surface area contributed by atoms with E-state index in [0.29, 0.717) is 73.4 Å². The molecule has 0 spiro atoms. The number of nitrogens with one attached hydrogen (secondary N) is 2. The Morgan fingerprint density at radius 1 is 1.19 bits per heavy atom. The summed E-state index contributed by atoms with van der Waals surface area (Å²) < 4.78 is 5.53. The first-order valence-corrected chi connectivity index (χ1v) is 14.4. The number of nitrogens with zero attached hydrogens (tertiary/aromatic N) is 3. The minimum Gasteiger partial charge on any atom is -0.381 e. The summed E-state index contributed by atoms with van der Waals surface area (Å²) in [5.74, 6) is -1.84. The third-order valence-electron chi connectivity index (χ3n) is 8.26. The van der Waals surface area contributed by atoms with Crippen molar-refractivity contribution in [1.29, 1.82) is 0 Å². The van der Waals surface area contributed by atoms with Gasteiger partial charge in [0.25, 0.3) is 5.91 Å². The summed E-state index contributed by atoms with van der Waals surface area (Å²) in [6.45, 7) is 5.57. The van der Waals surface area contributed by atoms with Gasteiger partial charge in [-0.05, 0) is 25.3 Å². The van der Waals surface area contributed by atoms with Crippen molar-refractivity contribution < 1.29 is 19.1 Å². The van der Waals surface area contributed by atoms with Crippen LogP contribution in [0.25, 0.3) is 22.2 Å². The normalized spacial score (nSPS) is 21.3. The summed E-state index contributed by atoms with van der Waals surface area (Å²) in [6, 6.07) is 8.00. The Kier molecular flexibility index (Phi) is 7.66. The Balaban J connectivity index is 1.16. The summed E-state index contributed by atoms with van der Waals surface area (Å²) in [6.07, 6.45) is 8.68. The minimum absolute atomic E-state index is 0.0170. The first-order valence-electron chi connectivity index (χ1n) is 14.0. The van der Waals surface area contributed by atoms with E-state index < -0.39 is 11.8 Å². The number of aromatic amines is 1. The number of aromatic nitrogens is 3. The SMILES string of the molecule is C=C(C(N)=O)C1C=CC(C(=O)N2CCC(Nc3ncc(Cl)c(-c4c[nH]c5ccccc45)n3)CC2)=C(C2CCOC2)C1=O. The Hall–Kier alpha value is -4.28. The second kappa shape index (κ2) is 11.5. The van der Waals surface area contributed by atoms with Crippen LogP contribution in [0.2, 0.25) is 5.02 Å². The Labute approximate surface area is 247 Å². The molecule has 6 rings (SSSR count). The molecule has 0 radical (unpaired) electrons. The molecule has 11 heteroatoms. The van der Waals surface area contributed by atoms with Crippen molar-refractivity contribution in [3.63, 3.8) is 0 Å². The Bertz CT molecular complexity index is 1650. The van der Waals surface area contributed by atoms with Crippen LogP contribution in [0.1, 0.15) is 19.3 Å². The predicted molar refractivity (Wildman–Crippen MR) is 159 cm³/mol. The van der Waals surface area contributed by atoms with Crippen LogP contribution in [0.3, 0.4) is 0 Å². The smallest absolute Gasteiger partial charge is 0.254 e. The lowest BCUT2D eigenvalue weighted by atomic mass is 9.78. The standard InChI is InChI=1S/C31H31ClN6O4/c1-17(29(33)40)20-6-7-22(26(28(20)39)18-10-13-42-16-18)30(41)38-11-8-19(9-12-38)36-31-35-15-24(32)27(37-31)23-14-34-25-5-3-2-4-21(23)25/h2-7,14-15,18-20,34H,1,8-13,16H2,(H2,33,40)(H,35,36,37). The van der Waals surface area contributed by atoms with E-state index in [9.17, 15) is 14.4 Å². The molecule has 3 aliphatic rings. The molecule has 2 fully saturated rings. The maximum absolute atomic E-state index is 13.7. The quantitative estimate of drug-likeness (QED) is 0.357. The van der Waals surface area contributed by atoms with Crippen LogP contribution < -0.4 is 11.1 Å². The van der Waals surface area contributed by atoms with Crippen molar-refractivity contribution in [2.24, 2.45) is 17.6 Å². The van der Waals surface area contributed by atoms with Crippen LogP contribution in [-0.4, -0.2) is 69.8 Å². The van der Waals surface area contributed by atoms with Crippen LogP contribution in [-0.2, 0) is 19.1 Å². The largest absolute Gasteiger partial charge is 0.381 e. The number of amides is 2. The summed E-state index contributed by atoms with van der Waals surface area (Å²) in [5, 5.41) is 4.89. The van der Waals surface area contributed by atoms with Crippen molar-refractivity contribution >= 4 is 46.0 Å². The van der Waals surface area contributed by atoms with E-state index in [2.05, 4.69) is 21.9 Å². The number of benzene rings is 1. The molecule has 4 N–H and O–H groups in total. The molecule has 1 aliphatic carbocycles. The van der Waals surface area contributed by atoms with E-state index in [0.717, 1.165) is 16.5 Å². The van der Waals surface area contributed by atoms with Gasteiger partial charge < -0.3 is 25.7 Å². The van der Waals surface area contributed by atoms with E-state index >= 15 is 0 Å². The lowest BCUT2D eigenvalue weighted by Gasteiger charge is -2.34. The number of ketones is 1. The Morgan fingerprint density at radius 3 is 2.71 bits per heavy atom. The lowest BCUT2D eigenvalue weighted by molar-refractivity contribution is -0.128. The van der Waals surface area contributed by atoms with Crippen LogP contribution in [0.5, 0.6) is 0 Å². The molecule has 10 nitrogen and oxygen atoms in total. The van der Waals surface area contributed by atoms with Gasteiger partial charge in [-0.25, -0.2) is 9.97 Å². The lowest BCUT2D eigenvalue weighted by Crippen LogP contribution is -2.44. The number of carbonyl (C=O) groups excluding carboxylic acids is 3. The van der Waals surface area contributed by atoms with E-state index in [1.807, 2.05) is 30.5 Å². The second-order valence-electron chi connectivity index (χ2n) is 10.8. The number of para-hydroxylation sites is 1. The average Bonchev–Trinajstić information content (AvgIpc) is 3.68.